The largest absolute Gasteiger partial charge is 0.468 e. The number of hydrogen-bond acceptors (Lipinski definition) is 4. The van der Waals surface area contributed by atoms with E-state index >= 15 is 0 Å². The van der Waals surface area contributed by atoms with E-state index in [9.17, 15) is 9.59 Å². The molecule has 0 spiro atoms. The third-order valence-corrected chi connectivity index (χ3v) is 8.26. The van der Waals surface area contributed by atoms with Gasteiger partial charge in [0.2, 0.25) is 0 Å². The Morgan fingerprint density at radius 1 is 0.724 bits per heavy atom. The third kappa shape index (κ3) is 4.51. The van der Waals surface area contributed by atoms with E-state index in [2.05, 4.69) is 41.5 Å². The molecule has 0 aromatic heterocycles. The zero-order chi connectivity index (χ0) is 21.9. The summed E-state index contributed by atoms with van der Waals surface area (Å²) in [5.41, 5.74) is -1.20. The van der Waals surface area contributed by atoms with Crippen molar-refractivity contribution in [1.29, 1.82) is 0 Å². The zero-order valence-electron chi connectivity index (χ0n) is 20.0. The molecule has 0 aromatic rings. The molecule has 0 N–H and O–H groups in total. The first kappa shape index (κ1) is 24.2. The van der Waals surface area contributed by atoms with E-state index in [4.69, 9.17) is 9.47 Å². The molecule has 0 radical (unpaired) electrons. The number of hydrogen-bond donors (Lipinski definition) is 0. The minimum atomic E-state index is -1.20. The van der Waals surface area contributed by atoms with Gasteiger partial charge in [-0.05, 0) is 73.0 Å². The fourth-order valence-corrected chi connectivity index (χ4v) is 6.75. The molecule has 0 saturated heterocycles. The van der Waals surface area contributed by atoms with Crippen LogP contribution in [0.2, 0.25) is 0 Å². The number of ether oxygens (including phenoxy) is 2. The normalized spacial score (nSPS) is 33.6. The second-order valence-corrected chi connectivity index (χ2v) is 10.7. The van der Waals surface area contributed by atoms with Gasteiger partial charge in [0.05, 0.1) is 14.2 Å². The Morgan fingerprint density at radius 2 is 1.07 bits per heavy atom. The van der Waals surface area contributed by atoms with Gasteiger partial charge in [0, 0.05) is 0 Å². The summed E-state index contributed by atoms with van der Waals surface area (Å²) in [6, 6.07) is 0. The van der Waals surface area contributed by atoms with Crippen LogP contribution < -0.4 is 0 Å². The van der Waals surface area contributed by atoms with Gasteiger partial charge in [-0.2, -0.15) is 0 Å². The van der Waals surface area contributed by atoms with Crippen molar-refractivity contribution in [3.63, 3.8) is 0 Å². The number of carbonyl (C=O) groups is 2. The van der Waals surface area contributed by atoms with E-state index in [0.717, 1.165) is 38.5 Å². The van der Waals surface area contributed by atoms with Crippen molar-refractivity contribution in [1.82, 2.24) is 0 Å². The summed E-state index contributed by atoms with van der Waals surface area (Å²) in [4.78, 5) is 27.3. The summed E-state index contributed by atoms with van der Waals surface area (Å²) in [7, 11) is 2.88. The molecule has 168 valence electrons. The molecule has 0 amide bonds. The molecule has 4 nitrogen and oxygen atoms in total. The molecular weight excluding hydrogens is 364 g/mol. The Kier molecular flexibility index (Phi) is 8.21. The fourth-order valence-electron chi connectivity index (χ4n) is 6.75. The molecule has 2 aliphatic carbocycles. The molecule has 2 fully saturated rings. The Labute approximate surface area is 178 Å². The number of carbonyl (C=O) groups excluding carboxylic acids is 2. The molecule has 6 atom stereocenters. The lowest BCUT2D eigenvalue weighted by Crippen LogP contribution is -2.59. The average molecular weight is 409 g/mol. The molecule has 0 aliphatic heterocycles. The van der Waals surface area contributed by atoms with Crippen molar-refractivity contribution < 1.29 is 19.1 Å². The van der Waals surface area contributed by atoms with Crippen LogP contribution >= 0.6 is 0 Å². The van der Waals surface area contributed by atoms with Gasteiger partial charge in [-0.25, -0.2) is 0 Å². The maximum atomic E-state index is 13.7. The van der Waals surface area contributed by atoms with E-state index in [-0.39, 0.29) is 23.8 Å². The molecule has 2 saturated carbocycles. The van der Waals surface area contributed by atoms with E-state index in [0.29, 0.717) is 35.5 Å². The molecule has 2 rings (SSSR count). The van der Waals surface area contributed by atoms with Crippen LogP contribution in [0.1, 0.15) is 80.1 Å². The highest BCUT2D eigenvalue weighted by atomic mass is 16.5. The Hall–Kier alpha value is -1.06. The predicted molar refractivity (Wildman–Crippen MR) is 116 cm³/mol. The quantitative estimate of drug-likeness (QED) is 0.416. The lowest BCUT2D eigenvalue weighted by Gasteiger charge is -2.53. The molecule has 4 heteroatoms. The van der Waals surface area contributed by atoms with Crippen molar-refractivity contribution in [2.24, 2.45) is 52.8 Å². The molecule has 29 heavy (non-hydrogen) atoms. The van der Waals surface area contributed by atoms with Crippen LogP contribution in [0.4, 0.5) is 0 Å². The molecule has 0 bridgehead atoms. The van der Waals surface area contributed by atoms with Gasteiger partial charge in [-0.1, -0.05) is 54.4 Å². The maximum absolute atomic E-state index is 13.7. The van der Waals surface area contributed by atoms with Gasteiger partial charge < -0.3 is 9.47 Å². The Morgan fingerprint density at radius 3 is 1.34 bits per heavy atom. The van der Waals surface area contributed by atoms with Gasteiger partial charge in [-0.15, -0.1) is 0 Å². The lowest BCUT2D eigenvalue weighted by molar-refractivity contribution is -0.191. The molecule has 0 heterocycles. The molecule has 0 unspecified atom stereocenters. The first-order chi connectivity index (χ1) is 13.6. The van der Waals surface area contributed by atoms with Crippen molar-refractivity contribution in [2.45, 2.75) is 80.1 Å². The van der Waals surface area contributed by atoms with Crippen molar-refractivity contribution >= 4 is 11.9 Å². The standard InChI is InChI=1S/C25H44O4/c1-15(2)19-11-9-17(5)13-21(19)25(23(26)28-7,24(27)29-8)22-14-18(6)10-12-20(22)16(3)4/h15-22H,9-14H2,1-8H3/t17-,18-,19+,20+,21-,22-/m0/s1. The Bertz CT molecular complexity index is 517. The zero-order valence-corrected chi connectivity index (χ0v) is 20.0. The maximum Gasteiger partial charge on any atom is 0.323 e. The first-order valence-corrected chi connectivity index (χ1v) is 11.8. The summed E-state index contributed by atoms with van der Waals surface area (Å²) < 4.78 is 10.9. The lowest BCUT2D eigenvalue weighted by atomic mass is 9.49. The topological polar surface area (TPSA) is 52.6 Å². The molecular formula is C25H44O4. The van der Waals surface area contributed by atoms with Crippen LogP contribution in [-0.2, 0) is 19.1 Å². The van der Waals surface area contributed by atoms with E-state index in [1.54, 1.807) is 0 Å². The van der Waals surface area contributed by atoms with Gasteiger partial charge >= 0.3 is 11.9 Å². The SMILES string of the molecule is COC(=O)C(C(=O)OC)([C@H]1C[C@@H](C)CC[C@@H]1C(C)C)[C@H]1C[C@@H](C)CC[C@@H]1C(C)C. The minimum Gasteiger partial charge on any atom is -0.468 e. The van der Waals surface area contributed by atoms with Crippen molar-refractivity contribution in [3.8, 4) is 0 Å². The second kappa shape index (κ2) is 9.83. The highest BCUT2D eigenvalue weighted by molar-refractivity contribution is 6.01. The summed E-state index contributed by atoms with van der Waals surface area (Å²) in [5.74, 6) is 1.72. The third-order valence-electron chi connectivity index (χ3n) is 8.26. The summed E-state index contributed by atoms with van der Waals surface area (Å²) in [6.45, 7) is 13.4. The van der Waals surface area contributed by atoms with Crippen LogP contribution in [0.25, 0.3) is 0 Å². The van der Waals surface area contributed by atoms with Gasteiger partial charge in [0.1, 0.15) is 0 Å². The van der Waals surface area contributed by atoms with Gasteiger partial charge in [0.25, 0.3) is 0 Å². The average Bonchev–Trinajstić information content (AvgIpc) is 2.67. The van der Waals surface area contributed by atoms with E-state index in [1.807, 2.05) is 0 Å². The predicted octanol–water partition coefficient (Wildman–Crippen LogP) is 5.74. The van der Waals surface area contributed by atoms with Crippen molar-refractivity contribution in [2.75, 3.05) is 14.2 Å². The molecule has 2 aliphatic rings. The fraction of sp³-hybridized carbons (Fsp3) is 0.920. The Balaban J connectivity index is 2.72. The second-order valence-electron chi connectivity index (χ2n) is 10.7. The van der Waals surface area contributed by atoms with Crippen LogP contribution in [0.3, 0.4) is 0 Å². The smallest absolute Gasteiger partial charge is 0.323 e. The van der Waals surface area contributed by atoms with Crippen LogP contribution in [0.15, 0.2) is 0 Å². The molecule has 0 aromatic carbocycles. The highest BCUT2D eigenvalue weighted by Gasteiger charge is 2.64. The van der Waals surface area contributed by atoms with Crippen molar-refractivity contribution in [3.05, 3.63) is 0 Å². The van der Waals surface area contributed by atoms with E-state index < -0.39 is 5.41 Å². The number of esters is 2. The highest BCUT2D eigenvalue weighted by Crippen LogP contribution is 2.57. The first-order valence-electron chi connectivity index (χ1n) is 11.8. The van der Waals surface area contributed by atoms with Crippen LogP contribution in [0, 0.1) is 52.8 Å². The van der Waals surface area contributed by atoms with Crippen LogP contribution in [-0.4, -0.2) is 26.2 Å². The van der Waals surface area contributed by atoms with Gasteiger partial charge in [0.15, 0.2) is 5.41 Å². The van der Waals surface area contributed by atoms with Gasteiger partial charge in [-0.3, -0.25) is 9.59 Å². The monoisotopic (exact) mass is 408 g/mol. The number of methoxy groups -OCH3 is 2. The summed E-state index contributed by atoms with van der Waals surface area (Å²) >= 11 is 0. The summed E-state index contributed by atoms with van der Waals surface area (Å²) in [6.07, 6.45) is 6.23. The summed E-state index contributed by atoms with van der Waals surface area (Å²) in [5, 5.41) is 0. The van der Waals surface area contributed by atoms with E-state index in [1.165, 1.54) is 14.2 Å². The van der Waals surface area contributed by atoms with Crippen LogP contribution in [0.5, 0.6) is 0 Å². The minimum absolute atomic E-state index is 0.0253. The number of rotatable bonds is 6.